The van der Waals surface area contributed by atoms with Gasteiger partial charge in [-0.2, -0.15) is 0 Å². The van der Waals surface area contributed by atoms with Crippen LogP contribution in [0.25, 0.3) is 0 Å². The third-order valence-electron chi connectivity index (χ3n) is 2.93. The number of nitrogens with zero attached hydrogens (tertiary/aromatic N) is 1. The Hall–Kier alpha value is -2.37. The summed E-state index contributed by atoms with van der Waals surface area (Å²) in [5.41, 5.74) is 0.999. The van der Waals surface area contributed by atoms with E-state index in [0.717, 1.165) is 5.56 Å². The lowest BCUT2D eigenvalue weighted by atomic mass is 10.2. The van der Waals surface area contributed by atoms with Crippen molar-refractivity contribution in [3.05, 3.63) is 35.9 Å². The lowest BCUT2D eigenvalue weighted by Gasteiger charge is -2.20. The number of carboxylic acid groups (broad SMARTS) is 1. The van der Waals surface area contributed by atoms with Crippen LogP contribution in [0.3, 0.4) is 0 Å². The number of carbonyl (C=O) groups is 3. The quantitative estimate of drug-likeness (QED) is 0.749. The van der Waals surface area contributed by atoms with Crippen LogP contribution in [0.4, 0.5) is 0 Å². The van der Waals surface area contributed by atoms with Crippen molar-refractivity contribution in [3.8, 4) is 0 Å². The zero-order chi connectivity index (χ0) is 15.7. The van der Waals surface area contributed by atoms with E-state index in [9.17, 15) is 14.4 Å². The Morgan fingerprint density at radius 1 is 1.14 bits per heavy atom. The summed E-state index contributed by atoms with van der Waals surface area (Å²) >= 11 is 0. The minimum Gasteiger partial charge on any atom is -0.481 e. The number of hydrogen-bond donors (Lipinski definition) is 2. The molecule has 0 aliphatic carbocycles. The van der Waals surface area contributed by atoms with Gasteiger partial charge in [0.1, 0.15) is 0 Å². The standard InChI is InChI=1S/C15H20N2O4/c1-12(18)17(11-13-5-3-2-4-6-13)10-8-14(19)16-9-7-15(20)21/h2-6H,7-11H2,1H3,(H,16,19)(H,20,21). The molecule has 0 aromatic heterocycles. The van der Waals surface area contributed by atoms with E-state index in [1.807, 2.05) is 30.3 Å². The second-order valence-corrected chi connectivity index (χ2v) is 4.67. The van der Waals surface area contributed by atoms with Gasteiger partial charge in [-0.25, -0.2) is 0 Å². The van der Waals surface area contributed by atoms with Crippen LogP contribution in [0.5, 0.6) is 0 Å². The van der Waals surface area contributed by atoms with E-state index in [4.69, 9.17) is 5.11 Å². The lowest BCUT2D eigenvalue weighted by Crippen LogP contribution is -2.34. The van der Waals surface area contributed by atoms with Gasteiger partial charge < -0.3 is 15.3 Å². The van der Waals surface area contributed by atoms with Crippen LogP contribution >= 0.6 is 0 Å². The molecule has 0 saturated heterocycles. The molecular formula is C15H20N2O4. The largest absolute Gasteiger partial charge is 0.481 e. The molecule has 114 valence electrons. The van der Waals surface area contributed by atoms with Crippen LogP contribution in [0.15, 0.2) is 30.3 Å². The Kier molecular flexibility index (Phi) is 6.94. The van der Waals surface area contributed by atoms with Crippen LogP contribution in [0.2, 0.25) is 0 Å². The van der Waals surface area contributed by atoms with Gasteiger partial charge in [-0.3, -0.25) is 14.4 Å². The molecular weight excluding hydrogens is 272 g/mol. The Morgan fingerprint density at radius 2 is 1.81 bits per heavy atom. The monoisotopic (exact) mass is 292 g/mol. The Bertz CT molecular complexity index is 488. The zero-order valence-electron chi connectivity index (χ0n) is 12.0. The van der Waals surface area contributed by atoms with Crippen LogP contribution < -0.4 is 5.32 Å². The fraction of sp³-hybridized carbons (Fsp3) is 0.400. The molecule has 2 N–H and O–H groups in total. The predicted octanol–water partition coefficient (Wildman–Crippen LogP) is 1.02. The highest BCUT2D eigenvalue weighted by molar-refractivity contribution is 5.78. The summed E-state index contributed by atoms with van der Waals surface area (Å²) in [6.45, 7) is 2.33. The maximum atomic E-state index is 11.6. The van der Waals surface area contributed by atoms with E-state index in [-0.39, 0.29) is 31.2 Å². The van der Waals surface area contributed by atoms with Crippen molar-refractivity contribution in [1.29, 1.82) is 0 Å². The molecule has 0 unspecified atom stereocenters. The van der Waals surface area contributed by atoms with Gasteiger partial charge in [-0.15, -0.1) is 0 Å². The van der Waals surface area contributed by atoms with Gasteiger partial charge in [-0.1, -0.05) is 30.3 Å². The average molecular weight is 292 g/mol. The number of aliphatic carboxylic acids is 1. The molecule has 21 heavy (non-hydrogen) atoms. The normalized spacial score (nSPS) is 9.95. The molecule has 6 heteroatoms. The number of benzene rings is 1. The number of carboxylic acids is 1. The van der Waals surface area contributed by atoms with Gasteiger partial charge in [0.25, 0.3) is 0 Å². The maximum Gasteiger partial charge on any atom is 0.305 e. The fourth-order valence-corrected chi connectivity index (χ4v) is 1.79. The third-order valence-corrected chi connectivity index (χ3v) is 2.93. The molecule has 0 aliphatic heterocycles. The van der Waals surface area contributed by atoms with Crippen LogP contribution in [-0.2, 0) is 20.9 Å². The maximum absolute atomic E-state index is 11.6. The fourth-order valence-electron chi connectivity index (χ4n) is 1.79. The molecule has 0 fully saturated rings. The third kappa shape index (κ3) is 7.10. The Morgan fingerprint density at radius 3 is 2.38 bits per heavy atom. The Labute approximate surface area is 123 Å². The molecule has 6 nitrogen and oxygen atoms in total. The highest BCUT2D eigenvalue weighted by Gasteiger charge is 2.11. The number of rotatable bonds is 8. The van der Waals surface area contributed by atoms with Crippen molar-refractivity contribution < 1.29 is 19.5 Å². The van der Waals surface area contributed by atoms with Crippen molar-refractivity contribution in [3.63, 3.8) is 0 Å². The van der Waals surface area contributed by atoms with Crippen LogP contribution in [0, 0.1) is 0 Å². The molecule has 0 atom stereocenters. The number of hydrogen-bond acceptors (Lipinski definition) is 3. The molecule has 0 bridgehead atoms. The predicted molar refractivity (Wildman–Crippen MR) is 77.4 cm³/mol. The van der Waals surface area contributed by atoms with E-state index in [1.54, 1.807) is 4.90 Å². The summed E-state index contributed by atoms with van der Waals surface area (Å²) < 4.78 is 0. The van der Waals surface area contributed by atoms with Gasteiger partial charge in [0.05, 0.1) is 6.42 Å². The van der Waals surface area contributed by atoms with Crippen molar-refractivity contribution in [1.82, 2.24) is 10.2 Å². The first-order valence-corrected chi connectivity index (χ1v) is 6.77. The highest BCUT2D eigenvalue weighted by Crippen LogP contribution is 2.05. The number of nitrogens with one attached hydrogen (secondary N) is 1. The summed E-state index contributed by atoms with van der Waals surface area (Å²) in [5, 5.41) is 11.0. The molecule has 0 radical (unpaired) electrons. The first-order valence-electron chi connectivity index (χ1n) is 6.77. The second-order valence-electron chi connectivity index (χ2n) is 4.67. The van der Waals surface area contributed by atoms with Gasteiger partial charge in [0, 0.05) is 33.0 Å². The molecule has 0 saturated carbocycles. The Balaban J connectivity index is 2.39. The number of amides is 2. The molecule has 1 rings (SSSR count). The summed E-state index contributed by atoms with van der Waals surface area (Å²) in [6, 6.07) is 9.53. The average Bonchev–Trinajstić information content (AvgIpc) is 2.43. The van der Waals surface area contributed by atoms with E-state index in [0.29, 0.717) is 13.1 Å². The van der Waals surface area contributed by atoms with Crippen molar-refractivity contribution in [2.75, 3.05) is 13.1 Å². The number of carbonyl (C=O) groups excluding carboxylic acids is 2. The molecule has 0 spiro atoms. The molecule has 2 amide bonds. The van der Waals surface area contributed by atoms with Crippen LogP contribution in [0.1, 0.15) is 25.3 Å². The van der Waals surface area contributed by atoms with E-state index in [2.05, 4.69) is 5.32 Å². The van der Waals surface area contributed by atoms with Crippen molar-refractivity contribution >= 4 is 17.8 Å². The smallest absolute Gasteiger partial charge is 0.305 e. The minimum atomic E-state index is -0.954. The SMILES string of the molecule is CC(=O)N(CCC(=O)NCCC(=O)O)Cc1ccccc1. The zero-order valence-corrected chi connectivity index (χ0v) is 12.0. The summed E-state index contributed by atoms with van der Waals surface area (Å²) in [5.74, 6) is -1.31. The summed E-state index contributed by atoms with van der Waals surface area (Å²) in [4.78, 5) is 35.1. The van der Waals surface area contributed by atoms with E-state index in [1.165, 1.54) is 6.92 Å². The summed E-state index contributed by atoms with van der Waals surface area (Å²) in [7, 11) is 0. The molecule has 1 aromatic rings. The second kappa shape index (κ2) is 8.73. The van der Waals surface area contributed by atoms with E-state index >= 15 is 0 Å². The highest BCUT2D eigenvalue weighted by atomic mass is 16.4. The van der Waals surface area contributed by atoms with Gasteiger partial charge >= 0.3 is 5.97 Å². The van der Waals surface area contributed by atoms with Gasteiger partial charge in [-0.05, 0) is 5.56 Å². The van der Waals surface area contributed by atoms with Crippen molar-refractivity contribution in [2.45, 2.75) is 26.3 Å². The molecule has 0 aliphatic rings. The molecule has 0 heterocycles. The summed E-state index contributed by atoms with van der Waals surface area (Å²) in [6.07, 6.45) is 0.0538. The minimum absolute atomic E-state index is 0.0998. The van der Waals surface area contributed by atoms with Crippen molar-refractivity contribution in [2.24, 2.45) is 0 Å². The first-order chi connectivity index (χ1) is 9.99. The van der Waals surface area contributed by atoms with Gasteiger partial charge in [0.2, 0.25) is 11.8 Å². The van der Waals surface area contributed by atoms with Crippen LogP contribution in [-0.4, -0.2) is 40.9 Å². The van der Waals surface area contributed by atoms with Gasteiger partial charge in [0.15, 0.2) is 0 Å². The first kappa shape index (κ1) is 16.7. The van der Waals surface area contributed by atoms with E-state index < -0.39 is 5.97 Å². The molecule has 1 aromatic carbocycles. The lowest BCUT2D eigenvalue weighted by molar-refractivity contribution is -0.137. The topological polar surface area (TPSA) is 86.7 Å².